The summed E-state index contributed by atoms with van der Waals surface area (Å²) in [7, 11) is -3.56. The quantitative estimate of drug-likeness (QED) is 0.735. The number of ether oxygens (including phenoxy) is 1. The summed E-state index contributed by atoms with van der Waals surface area (Å²) >= 11 is 0. The predicted octanol–water partition coefficient (Wildman–Crippen LogP) is 1.48. The minimum atomic E-state index is -3.56. The van der Waals surface area contributed by atoms with Crippen LogP contribution >= 0.6 is 0 Å². The zero-order valence-corrected chi connectivity index (χ0v) is 16.8. The van der Waals surface area contributed by atoms with Gasteiger partial charge < -0.3 is 14.9 Å². The Morgan fingerprint density at radius 3 is 2.07 bits per heavy atom. The number of nitrogens with zero attached hydrogens (tertiary/aromatic N) is 1. The van der Waals surface area contributed by atoms with Gasteiger partial charge in [0.1, 0.15) is 13.2 Å². The Hall–Kier alpha value is -2.91. The Morgan fingerprint density at radius 1 is 1.00 bits per heavy atom. The van der Waals surface area contributed by atoms with E-state index in [0.717, 1.165) is 27.2 Å². The SMILES string of the molecule is O=C(O)CN(C(=O)OCC1c2ccccc2-c2ccccc21)[C@@H]1CS(=O)(=O)C[C@H]1O. The number of aliphatic hydroxyl groups excluding tert-OH is 1. The Morgan fingerprint density at radius 2 is 1.57 bits per heavy atom. The zero-order chi connectivity index (χ0) is 21.5. The van der Waals surface area contributed by atoms with Crippen molar-refractivity contribution in [2.45, 2.75) is 18.1 Å². The van der Waals surface area contributed by atoms with Gasteiger partial charge in [0.05, 0.1) is 23.7 Å². The molecule has 1 aliphatic carbocycles. The van der Waals surface area contributed by atoms with Crippen LogP contribution in [-0.4, -0.2) is 72.4 Å². The molecule has 0 radical (unpaired) electrons. The van der Waals surface area contributed by atoms with Crippen LogP contribution in [0.15, 0.2) is 48.5 Å². The van der Waals surface area contributed by atoms with Crippen LogP contribution in [0.25, 0.3) is 11.1 Å². The molecular weight excluding hydrogens is 410 g/mol. The maximum absolute atomic E-state index is 12.7. The minimum absolute atomic E-state index is 0.0292. The van der Waals surface area contributed by atoms with E-state index in [0.29, 0.717) is 0 Å². The van der Waals surface area contributed by atoms with Crippen LogP contribution in [0.1, 0.15) is 17.0 Å². The van der Waals surface area contributed by atoms with Gasteiger partial charge in [0.15, 0.2) is 9.84 Å². The number of aliphatic carboxylic acids is 1. The summed E-state index contributed by atoms with van der Waals surface area (Å²) in [5.41, 5.74) is 4.10. The number of aliphatic hydroxyl groups is 1. The molecule has 0 spiro atoms. The Kier molecular flexibility index (Phi) is 5.25. The molecule has 1 saturated heterocycles. The van der Waals surface area contributed by atoms with E-state index in [9.17, 15) is 23.1 Å². The average Bonchev–Trinajstić information content (AvgIpc) is 3.17. The standard InChI is InChI=1S/C21H21NO7S/c23-19-12-30(27,28)11-18(19)22(9-20(24)25)21(26)29-10-17-15-7-3-1-5-13(15)14-6-2-4-8-16(14)17/h1-8,17-19,23H,9-12H2,(H,24,25)/t18-,19-/m1/s1. The van der Waals surface area contributed by atoms with Crippen LogP contribution in [0.3, 0.4) is 0 Å². The number of fused-ring (bicyclic) bond motifs is 3. The molecular formula is C21H21NO7S. The second-order valence-electron chi connectivity index (χ2n) is 7.54. The second kappa shape index (κ2) is 7.73. The molecule has 0 aromatic heterocycles. The molecule has 4 rings (SSSR count). The van der Waals surface area contributed by atoms with Gasteiger partial charge >= 0.3 is 12.1 Å². The van der Waals surface area contributed by atoms with Crippen LogP contribution in [0, 0.1) is 0 Å². The van der Waals surface area contributed by atoms with Gasteiger partial charge in [-0.1, -0.05) is 48.5 Å². The number of carbonyl (C=O) groups is 2. The van der Waals surface area contributed by atoms with Crippen LogP contribution in [-0.2, 0) is 19.4 Å². The van der Waals surface area contributed by atoms with Crippen molar-refractivity contribution in [2.24, 2.45) is 0 Å². The molecule has 9 heteroatoms. The number of rotatable bonds is 5. The molecule has 2 aliphatic rings. The van der Waals surface area contributed by atoms with Crippen LogP contribution in [0.2, 0.25) is 0 Å². The summed E-state index contributed by atoms with van der Waals surface area (Å²) in [6, 6.07) is 14.4. The van der Waals surface area contributed by atoms with Crippen molar-refractivity contribution in [2.75, 3.05) is 24.7 Å². The van der Waals surface area contributed by atoms with Crippen LogP contribution in [0.4, 0.5) is 4.79 Å². The summed E-state index contributed by atoms with van der Waals surface area (Å²) in [4.78, 5) is 24.8. The van der Waals surface area contributed by atoms with Crippen LogP contribution < -0.4 is 0 Å². The van der Waals surface area contributed by atoms with Crippen molar-refractivity contribution in [1.82, 2.24) is 4.90 Å². The van der Waals surface area contributed by atoms with Gasteiger partial charge in [-0.2, -0.15) is 0 Å². The number of benzene rings is 2. The molecule has 158 valence electrons. The minimum Gasteiger partial charge on any atom is -0.480 e. The lowest BCUT2D eigenvalue weighted by molar-refractivity contribution is -0.138. The number of sulfone groups is 1. The number of carboxylic acids is 1. The summed E-state index contributed by atoms with van der Waals surface area (Å²) < 4.78 is 29.1. The number of hydrogen-bond acceptors (Lipinski definition) is 6. The molecule has 30 heavy (non-hydrogen) atoms. The average molecular weight is 431 g/mol. The summed E-state index contributed by atoms with van der Waals surface area (Å²) in [6.45, 7) is -0.785. The van der Waals surface area contributed by atoms with Crippen molar-refractivity contribution < 1.29 is 33.0 Å². The van der Waals surface area contributed by atoms with E-state index >= 15 is 0 Å². The van der Waals surface area contributed by atoms with Crippen molar-refractivity contribution in [1.29, 1.82) is 0 Å². The number of carboxylic acid groups (broad SMARTS) is 1. The van der Waals surface area contributed by atoms with E-state index < -0.39 is 52.1 Å². The largest absolute Gasteiger partial charge is 0.480 e. The van der Waals surface area contributed by atoms with E-state index in [1.165, 1.54) is 0 Å². The highest BCUT2D eigenvalue weighted by molar-refractivity contribution is 7.91. The Bertz CT molecular complexity index is 1050. The lowest BCUT2D eigenvalue weighted by Crippen LogP contribution is -2.49. The van der Waals surface area contributed by atoms with Gasteiger partial charge in [-0.15, -0.1) is 0 Å². The van der Waals surface area contributed by atoms with Crippen molar-refractivity contribution in [3.8, 4) is 11.1 Å². The van der Waals surface area contributed by atoms with Gasteiger partial charge in [-0.05, 0) is 22.3 Å². The van der Waals surface area contributed by atoms with E-state index in [1.54, 1.807) is 0 Å². The van der Waals surface area contributed by atoms with Gasteiger partial charge in [-0.3, -0.25) is 9.69 Å². The molecule has 2 atom stereocenters. The molecule has 2 aromatic rings. The summed E-state index contributed by atoms with van der Waals surface area (Å²) in [5.74, 6) is -2.54. The summed E-state index contributed by atoms with van der Waals surface area (Å²) in [5, 5.41) is 19.2. The molecule has 2 aromatic carbocycles. The lowest BCUT2D eigenvalue weighted by Gasteiger charge is -2.28. The molecule has 1 fully saturated rings. The first-order chi connectivity index (χ1) is 14.3. The van der Waals surface area contributed by atoms with Gasteiger partial charge in [-0.25, -0.2) is 13.2 Å². The van der Waals surface area contributed by atoms with E-state index in [-0.39, 0.29) is 12.5 Å². The Labute approximate surface area is 173 Å². The normalized spacial score (nSPS) is 21.6. The second-order valence-corrected chi connectivity index (χ2v) is 9.69. The topological polar surface area (TPSA) is 121 Å². The lowest BCUT2D eigenvalue weighted by atomic mass is 9.98. The Balaban J connectivity index is 1.55. The first kappa shape index (κ1) is 20.4. The zero-order valence-electron chi connectivity index (χ0n) is 16.0. The van der Waals surface area contributed by atoms with E-state index in [1.807, 2.05) is 48.5 Å². The number of hydrogen-bond donors (Lipinski definition) is 2. The molecule has 0 saturated carbocycles. The number of amides is 1. The first-order valence-corrected chi connectivity index (χ1v) is 11.3. The maximum Gasteiger partial charge on any atom is 0.410 e. The molecule has 2 N–H and O–H groups in total. The molecule has 8 nitrogen and oxygen atoms in total. The van der Waals surface area contributed by atoms with E-state index in [2.05, 4.69) is 0 Å². The highest BCUT2D eigenvalue weighted by Gasteiger charge is 2.43. The van der Waals surface area contributed by atoms with Gasteiger partial charge in [0.25, 0.3) is 0 Å². The third-order valence-electron chi connectivity index (χ3n) is 5.57. The molecule has 1 heterocycles. The smallest absolute Gasteiger partial charge is 0.410 e. The predicted molar refractivity (Wildman–Crippen MR) is 108 cm³/mol. The van der Waals surface area contributed by atoms with Gasteiger partial charge in [0.2, 0.25) is 0 Å². The molecule has 0 bridgehead atoms. The fraction of sp³-hybridized carbons (Fsp3) is 0.333. The third kappa shape index (κ3) is 3.78. The highest BCUT2D eigenvalue weighted by atomic mass is 32.2. The van der Waals surface area contributed by atoms with Gasteiger partial charge in [0, 0.05) is 5.92 Å². The first-order valence-electron chi connectivity index (χ1n) is 9.49. The summed E-state index contributed by atoms with van der Waals surface area (Å²) in [6.07, 6.45) is -2.31. The fourth-order valence-corrected chi connectivity index (χ4v) is 6.05. The molecule has 0 unspecified atom stereocenters. The van der Waals surface area contributed by atoms with Crippen molar-refractivity contribution in [3.63, 3.8) is 0 Å². The molecule has 1 amide bonds. The number of carbonyl (C=O) groups excluding carboxylic acids is 1. The third-order valence-corrected chi connectivity index (χ3v) is 7.27. The van der Waals surface area contributed by atoms with Crippen molar-refractivity contribution >= 4 is 21.9 Å². The van der Waals surface area contributed by atoms with E-state index in [4.69, 9.17) is 9.84 Å². The van der Waals surface area contributed by atoms with Crippen LogP contribution in [0.5, 0.6) is 0 Å². The fourth-order valence-electron chi connectivity index (χ4n) is 4.25. The monoisotopic (exact) mass is 431 g/mol. The maximum atomic E-state index is 12.7. The molecule has 1 aliphatic heterocycles. The highest BCUT2D eigenvalue weighted by Crippen LogP contribution is 2.44. The van der Waals surface area contributed by atoms with Crippen molar-refractivity contribution in [3.05, 3.63) is 59.7 Å².